The number of nitrogens with zero attached hydrogens (tertiary/aromatic N) is 1. The van der Waals surface area contributed by atoms with Gasteiger partial charge in [0.2, 0.25) is 5.91 Å². The van der Waals surface area contributed by atoms with E-state index < -0.39 is 6.61 Å². The number of hydrogen-bond donors (Lipinski definition) is 1. The number of halogens is 2. The van der Waals surface area contributed by atoms with Crippen molar-refractivity contribution in [2.45, 2.75) is 25.9 Å². The summed E-state index contributed by atoms with van der Waals surface area (Å²) in [4.78, 5) is 14.7. The molecule has 2 aromatic carbocycles. The second-order valence-electron chi connectivity index (χ2n) is 6.68. The van der Waals surface area contributed by atoms with Crippen LogP contribution in [-0.4, -0.2) is 32.7 Å². The predicted molar refractivity (Wildman–Crippen MR) is 110 cm³/mol. The normalized spacial score (nSPS) is 14.3. The molecule has 1 aliphatic heterocycles. The first-order valence-electron chi connectivity index (χ1n) is 9.52. The fraction of sp³-hybridized carbons (Fsp3) is 0.318. The lowest BCUT2D eigenvalue weighted by Crippen LogP contribution is -2.30. The molecule has 154 valence electrons. The van der Waals surface area contributed by atoms with E-state index in [1.807, 2.05) is 24.3 Å². The molecule has 1 aliphatic rings. The minimum atomic E-state index is -2.93. The molecule has 1 N–H and O–H groups in total. The molecule has 1 heterocycles. The average molecular weight is 402 g/mol. The topological polar surface area (TPSA) is 50.8 Å². The maximum absolute atomic E-state index is 12.4. The molecule has 0 bridgehead atoms. The smallest absolute Gasteiger partial charge is 0.387 e. The molecular weight excluding hydrogens is 378 g/mol. The summed E-state index contributed by atoms with van der Waals surface area (Å²) in [5.74, 6) is -0.163. The quantitative estimate of drug-likeness (QED) is 0.667. The first-order chi connectivity index (χ1) is 14.1. The van der Waals surface area contributed by atoms with Crippen molar-refractivity contribution in [2.24, 2.45) is 0 Å². The van der Waals surface area contributed by atoms with Gasteiger partial charge in [0.05, 0.1) is 18.5 Å². The Hall–Kier alpha value is -3.09. The van der Waals surface area contributed by atoms with E-state index in [1.54, 1.807) is 12.1 Å². The molecule has 0 spiro atoms. The number of amides is 1. The van der Waals surface area contributed by atoms with Crippen LogP contribution >= 0.6 is 0 Å². The zero-order chi connectivity index (χ0) is 20.6. The van der Waals surface area contributed by atoms with Gasteiger partial charge in [0.1, 0.15) is 0 Å². The molecule has 7 heteroatoms. The van der Waals surface area contributed by atoms with Crippen LogP contribution in [0.15, 0.2) is 48.5 Å². The predicted octanol–water partition coefficient (Wildman–Crippen LogP) is 4.94. The molecule has 0 saturated carbocycles. The van der Waals surface area contributed by atoms with E-state index in [-0.39, 0.29) is 17.4 Å². The van der Waals surface area contributed by atoms with Crippen LogP contribution in [0.3, 0.4) is 0 Å². The van der Waals surface area contributed by atoms with Gasteiger partial charge in [-0.2, -0.15) is 8.78 Å². The molecule has 5 nitrogen and oxygen atoms in total. The van der Waals surface area contributed by atoms with Crippen molar-refractivity contribution >= 4 is 23.4 Å². The highest BCUT2D eigenvalue weighted by atomic mass is 19.3. The van der Waals surface area contributed by atoms with Gasteiger partial charge in [0.15, 0.2) is 11.5 Å². The summed E-state index contributed by atoms with van der Waals surface area (Å²) in [5.41, 5.74) is 2.41. The van der Waals surface area contributed by atoms with Gasteiger partial charge in [-0.15, -0.1) is 0 Å². The number of anilines is 2. The molecule has 0 aromatic heterocycles. The third-order valence-corrected chi connectivity index (χ3v) is 4.69. The van der Waals surface area contributed by atoms with E-state index in [2.05, 4.69) is 15.0 Å². The fourth-order valence-electron chi connectivity index (χ4n) is 3.32. The van der Waals surface area contributed by atoms with Gasteiger partial charge in [-0.25, -0.2) is 0 Å². The molecule has 0 atom stereocenters. The molecule has 1 amide bonds. The summed E-state index contributed by atoms with van der Waals surface area (Å²) in [6, 6.07) is 12.2. The maximum atomic E-state index is 12.4. The van der Waals surface area contributed by atoms with Gasteiger partial charge in [-0.1, -0.05) is 18.2 Å². The highest BCUT2D eigenvalue weighted by molar-refractivity contribution is 6.03. The van der Waals surface area contributed by atoms with E-state index in [1.165, 1.54) is 31.7 Å². The second kappa shape index (κ2) is 9.91. The Morgan fingerprint density at radius 3 is 2.59 bits per heavy atom. The number of ether oxygens (including phenoxy) is 2. The minimum Gasteiger partial charge on any atom is -0.493 e. The Bertz CT molecular complexity index is 865. The van der Waals surface area contributed by atoms with Gasteiger partial charge in [0.25, 0.3) is 0 Å². The summed E-state index contributed by atoms with van der Waals surface area (Å²) in [6.07, 6.45) is 6.52. The lowest BCUT2D eigenvalue weighted by molar-refractivity contribution is -0.111. The zero-order valence-electron chi connectivity index (χ0n) is 16.2. The van der Waals surface area contributed by atoms with Gasteiger partial charge in [0, 0.05) is 19.2 Å². The first-order valence-corrected chi connectivity index (χ1v) is 9.52. The van der Waals surface area contributed by atoms with E-state index in [4.69, 9.17) is 4.74 Å². The summed E-state index contributed by atoms with van der Waals surface area (Å²) in [5, 5.41) is 2.92. The molecule has 1 fully saturated rings. The highest BCUT2D eigenvalue weighted by Crippen LogP contribution is 2.30. The van der Waals surface area contributed by atoms with Gasteiger partial charge in [-0.05, 0) is 55.2 Å². The largest absolute Gasteiger partial charge is 0.493 e. The minimum absolute atomic E-state index is 0.0560. The second-order valence-corrected chi connectivity index (χ2v) is 6.68. The molecule has 0 aliphatic carbocycles. The van der Waals surface area contributed by atoms with Crippen LogP contribution in [0, 0.1) is 0 Å². The molecule has 0 radical (unpaired) electrons. The Morgan fingerprint density at radius 2 is 1.86 bits per heavy atom. The van der Waals surface area contributed by atoms with Crippen LogP contribution in [0.5, 0.6) is 11.5 Å². The molecular formula is C22H24F2N2O3. The number of para-hydroxylation sites is 2. The number of rotatable bonds is 7. The van der Waals surface area contributed by atoms with Crippen molar-refractivity contribution in [3.8, 4) is 11.5 Å². The van der Waals surface area contributed by atoms with Crippen LogP contribution in [-0.2, 0) is 4.79 Å². The summed E-state index contributed by atoms with van der Waals surface area (Å²) in [7, 11) is 1.37. The van der Waals surface area contributed by atoms with E-state index >= 15 is 0 Å². The molecule has 1 saturated heterocycles. The number of hydrogen-bond acceptors (Lipinski definition) is 4. The number of nitrogens with one attached hydrogen (secondary N) is 1. The fourth-order valence-corrected chi connectivity index (χ4v) is 3.32. The monoisotopic (exact) mass is 402 g/mol. The lowest BCUT2D eigenvalue weighted by Gasteiger charge is -2.30. The molecule has 2 aromatic rings. The third kappa shape index (κ3) is 5.70. The summed E-state index contributed by atoms with van der Waals surface area (Å²) < 4.78 is 34.3. The summed E-state index contributed by atoms with van der Waals surface area (Å²) in [6.45, 7) is -0.971. The number of methoxy groups -OCH3 is 1. The molecule has 3 rings (SSSR count). The van der Waals surface area contributed by atoms with E-state index in [0.717, 1.165) is 37.3 Å². The number of benzene rings is 2. The van der Waals surface area contributed by atoms with Crippen LogP contribution in [0.4, 0.5) is 20.2 Å². The van der Waals surface area contributed by atoms with Crippen molar-refractivity contribution < 1.29 is 23.0 Å². The van der Waals surface area contributed by atoms with Gasteiger partial charge in [-0.3, -0.25) is 4.79 Å². The number of carbonyl (C=O) groups excluding carboxylic acids is 1. The Labute approximate surface area is 168 Å². The van der Waals surface area contributed by atoms with Gasteiger partial charge < -0.3 is 19.7 Å². The summed E-state index contributed by atoms with van der Waals surface area (Å²) >= 11 is 0. The number of carbonyl (C=O) groups is 1. The van der Waals surface area contributed by atoms with Crippen LogP contribution in [0.2, 0.25) is 0 Å². The Kier molecular flexibility index (Phi) is 7.05. The molecule has 29 heavy (non-hydrogen) atoms. The maximum Gasteiger partial charge on any atom is 0.387 e. The number of alkyl halides is 2. The zero-order valence-corrected chi connectivity index (χ0v) is 16.2. The first kappa shape index (κ1) is 20.6. The average Bonchev–Trinajstić information content (AvgIpc) is 2.73. The SMILES string of the molecule is COc1cc(/C=C/C(=O)Nc2ccccc2N2CCCCC2)ccc1OC(F)F. The van der Waals surface area contributed by atoms with Crippen LogP contribution in [0.25, 0.3) is 6.08 Å². The Morgan fingerprint density at radius 1 is 1.10 bits per heavy atom. The highest BCUT2D eigenvalue weighted by Gasteiger charge is 2.15. The number of piperidine rings is 1. The van der Waals surface area contributed by atoms with Crippen LogP contribution < -0.4 is 19.7 Å². The standard InChI is InChI=1S/C22H24F2N2O3/c1-28-20-15-16(9-11-19(20)29-22(23)24)10-12-21(27)25-17-7-3-4-8-18(17)26-13-5-2-6-14-26/h3-4,7-12,15,22H,2,5-6,13-14H2,1H3,(H,25,27)/b12-10+. The van der Waals surface area contributed by atoms with Crippen molar-refractivity contribution in [1.82, 2.24) is 0 Å². The third-order valence-electron chi connectivity index (χ3n) is 4.69. The van der Waals surface area contributed by atoms with Crippen molar-refractivity contribution in [2.75, 3.05) is 30.4 Å². The van der Waals surface area contributed by atoms with Crippen molar-refractivity contribution in [3.05, 3.63) is 54.1 Å². The lowest BCUT2D eigenvalue weighted by atomic mass is 10.1. The van der Waals surface area contributed by atoms with E-state index in [9.17, 15) is 13.6 Å². The van der Waals surface area contributed by atoms with E-state index in [0.29, 0.717) is 5.56 Å². The molecule has 0 unspecified atom stereocenters. The Balaban J connectivity index is 1.69. The van der Waals surface area contributed by atoms with Crippen molar-refractivity contribution in [3.63, 3.8) is 0 Å². The van der Waals surface area contributed by atoms with Crippen molar-refractivity contribution in [1.29, 1.82) is 0 Å². The van der Waals surface area contributed by atoms with Crippen LogP contribution in [0.1, 0.15) is 24.8 Å². The van der Waals surface area contributed by atoms with Gasteiger partial charge >= 0.3 is 6.61 Å².